The Hall–Kier alpha value is -4.82. The Labute approximate surface area is 327 Å². The molecule has 5 amide bonds. The number of amides is 5. The number of carbonyl (C=O) groups is 5. The highest BCUT2D eigenvalue weighted by atomic mass is 32.2. The minimum absolute atomic E-state index is 0.00619. The summed E-state index contributed by atoms with van der Waals surface area (Å²) in [4.78, 5) is 75.8. The van der Waals surface area contributed by atoms with E-state index in [4.69, 9.17) is 5.73 Å². The van der Waals surface area contributed by atoms with Gasteiger partial charge in [0.1, 0.15) is 16.9 Å². The third-order valence-corrected chi connectivity index (χ3v) is 11.5. The lowest BCUT2D eigenvalue weighted by Gasteiger charge is -2.37. The fourth-order valence-corrected chi connectivity index (χ4v) is 8.02. The number of hydrogen-bond donors (Lipinski definition) is 4. The molecule has 14 heteroatoms. The van der Waals surface area contributed by atoms with Crippen LogP contribution in [0.1, 0.15) is 112 Å². The Morgan fingerprint density at radius 1 is 0.927 bits per heavy atom. The highest BCUT2D eigenvalue weighted by molar-refractivity contribution is 7.99. The van der Waals surface area contributed by atoms with Gasteiger partial charge in [0.15, 0.2) is 0 Å². The molecule has 1 aromatic heterocycles. The van der Waals surface area contributed by atoms with E-state index in [-0.39, 0.29) is 35.6 Å². The van der Waals surface area contributed by atoms with Gasteiger partial charge in [-0.25, -0.2) is 9.97 Å². The lowest BCUT2D eigenvalue weighted by Crippen LogP contribution is -2.52. The molecule has 2 aromatic carbocycles. The van der Waals surface area contributed by atoms with Gasteiger partial charge in [-0.15, -0.1) is 0 Å². The standard InChI is InChI=1S/C41H52N8O5S/c1-41(42)18-20-48(21-19-41)34-25-45-38(26-43-34)55-31-11-9-10-30(23-31)46-36(51)13-8-6-4-2-3-5-7-12-35(50)44-24-28-14-15-32-29(22-28)27-49(40(32)54)33-16-17-37(52)47-39(33)53/h9-11,14-15,22-23,25-26,33H,2-8,12-13,16-21,24,27,42H2,1H3,(H,44,50)(H,46,51)(H,47,52,53). The second kappa shape index (κ2) is 18.7. The first-order valence-corrected chi connectivity index (χ1v) is 20.3. The summed E-state index contributed by atoms with van der Waals surface area (Å²) < 4.78 is 0. The van der Waals surface area contributed by atoms with Crippen molar-refractivity contribution in [1.82, 2.24) is 25.5 Å². The molecule has 1 unspecified atom stereocenters. The fourth-order valence-electron chi connectivity index (χ4n) is 7.24. The monoisotopic (exact) mass is 768 g/mol. The van der Waals surface area contributed by atoms with Gasteiger partial charge in [0, 0.05) is 67.1 Å². The van der Waals surface area contributed by atoms with Gasteiger partial charge in [-0.2, -0.15) is 0 Å². The van der Waals surface area contributed by atoms with Crippen LogP contribution in [0.15, 0.2) is 64.8 Å². The number of anilines is 2. The second-order valence-corrected chi connectivity index (χ2v) is 16.3. The number of fused-ring (bicyclic) bond motifs is 1. The largest absolute Gasteiger partial charge is 0.355 e. The van der Waals surface area contributed by atoms with Crippen LogP contribution in [0, 0.1) is 0 Å². The normalized spacial score (nSPS) is 17.9. The van der Waals surface area contributed by atoms with E-state index in [9.17, 15) is 24.0 Å². The van der Waals surface area contributed by atoms with Crippen molar-refractivity contribution in [2.45, 2.75) is 125 Å². The fraction of sp³-hybridized carbons (Fsp3) is 0.488. The topological polar surface area (TPSA) is 180 Å². The quantitative estimate of drug-likeness (QED) is 0.102. The van der Waals surface area contributed by atoms with E-state index in [0.717, 1.165) is 103 Å². The van der Waals surface area contributed by atoms with Crippen molar-refractivity contribution in [3.63, 3.8) is 0 Å². The maximum atomic E-state index is 12.9. The Morgan fingerprint density at radius 2 is 1.65 bits per heavy atom. The summed E-state index contributed by atoms with van der Waals surface area (Å²) in [5, 5.41) is 9.12. The van der Waals surface area contributed by atoms with E-state index in [2.05, 4.69) is 37.7 Å². The van der Waals surface area contributed by atoms with Gasteiger partial charge in [0.2, 0.25) is 23.6 Å². The summed E-state index contributed by atoms with van der Waals surface area (Å²) in [7, 11) is 0. The molecule has 1 atom stereocenters. The molecule has 0 spiro atoms. The number of benzene rings is 2. The molecule has 3 aromatic rings. The molecule has 13 nitrogen and oxygen atoms in total. The van der Waals surface area contributed by atoms with Crippen molar-refractivity contribution in [1.29, 1.82) is 0 Å². The molecule has 6 rings (SSSR count). The molecule has 3 aliphatic rings. The zero-order valence-corrected chi connectivity index (χ0v) is 32.4. The molecule has 0 radical (unpaired) electrons. The molecule has 2 saturated heterocycles. The van der Waals surface area contributed by atoms with Crippen LogP contribution >= 0.6 is 11.8 Å². The first-order valence-electron chi connectivity index (χ1n) is 19.5. The smallest absolute Gasteiger partial charge is 0.255 e. The number of nitrogens with zero attached hydrogens (tertiary/aromatic N) is 4. The summed E-state index contributed by atoms with van der Waals surface area (Å²) in [6, 6.07) is 12.6. The maximum Gasteiger partial charge on any atom is 0.255 e. The van der Waals surface area contributed by atoms with Crippen molar-refractivity contribution < 1.29 is 24.0 Å². The van der Waals surface area contributed by atoms with Crippen molar-refractivity contribution in [2.24, 2.45) is 5.73 Å². The van der Waals surface area contributed by atoms with Gasteiger partial charge < -0.3 is 26.2 Å². The third-order valence-electron chi connectivity index (χ3n) is 10.6. The highest BCUT2D eigenvalue weighted by Gasteiger charge is 2.39. The average molecular weight is 769 g/mol. The lowest BCUT2D eigenvalue weighted by atomic mass is 9.91. The first kappa shape index (κ1) is 39.9. The molecule has 2 fully saturated rings. The van der Waals surface area contributed by atoms with Crippen LogP contribution in [0.25, 0.3) is 0 Å². The Balaban J connectivity index is 0.795. The lowest BCUT2D eigenvalue weighted by molar-refractivity contribution is -0.137. The van der Waals surface area contributed by atoms with Gasteiger partial charge in [-0.3, -0.25) is 29.3 Å². The number of imide groups is 1. The van der Waals surface area contributed by atoms with Crippen molar-refractivity contribution in [2.75, 3.05) is 23.3 Å². The zero-order valence-electron chi connectivity index (χ0n) is 31.6. The first-order chi connectivity index (χ1) is 26.5. The predicted octanol–water partition coefficient (Wildman–Crippen LogP) is 5.47. The molecule has 4 heterocycles. The molecular formula is C41H52N8O5S. The van der Waals surface area contributed by atoms with E-state index in [0.29, 0.717) is 37.9 Å². The van der Waals surface area contributed by atoms with E-state index >= 15 is 0 Å². The number of hydrogen-bond acceptors (Lipinski definition) is 10. The average Bonchev–Trinajstić information content (AvgIpc) is 3.48. The van der Waals surface area contributed by atoms with Gasteiger partial charge >= 0.3 is 0 Å². The van der Waals surface area contributed by atoms with Crippen LogP contribution in [0.4, 0.5) is 11.5 Å². The Bertz CT molecular complexity index is 1860. The summed E-state index contributed by atoms with van der Waals surface area (Å²) in [5.41, 5.74) is 9.20. The van der Waals surface area contributed by atoms with Crippen molar-refractivity contribution in [3.05, 3.63) is 71.5 Å². The minimum Gasteiger partial charge on any atom is -0.355 e. The molecule has 0 saturated carbocycles. The Morgan fingerprint density at radius 3 is 2.36 bits per heavy atom. The van der Waals surface area contributed by atoms with Crippen LogP contribution in [0.5, 0.6) is 0 Å². The van der Waals surface area contributed by atoms with Gasteiger partial charge in [-0.1, -0.05) is 62.1 Å². The SMILES string of the molecule is CC1(N)CCN(c2cnc(Sc3cccc(NC(=O)CCCCCCCCCC(=O)NCc4ccc5c(c4)CN(C4CCC(=O)NC4=O)C5=O)c3)cn2)CC1. The number of aromatic nitrogens is 2. The number of nitrogens with two attached hydrogens (primary N) is 1. The van der Waals surface area contributed by atoms with Gasteiger partial charge in [0.25, 0.3) is 5.91 Å². The van der Waals surface area contributed by atoms with E-state index < -0.39 is 11.9 Å². The molecule has 0 bridgehead atoms. The molecule has 0 aliphatic carbocycles. The number of unbranched alkanes of at least 4 members (excludes halogenated alkanes) is 6. The molecule has 3 aliphatic heterocycles. The van der Waals surface area contributed by atoms with Crippen LogP contribution in [-0.2, 0) is 32.3 Å². The molecule has 5 N–H and O–H groups in total. The molecule has 55 heavy (non-hydrogen) atoms. The molecule has 292 valence electrons. The minimum atomic E-state index is -0.645. The second-order valence-electron chi connectivity index (χ2n) is 15.2. The summed E-state index contributed by atoms with van der Waals surface area (Å²) >= 11 is 1.51. The predicted molar refractivity (Wildman–Crippen MR) is 211 cm³/mol. The number of carbonyl (C=O) groups excluding carboxylic acids is 5. The van der Waals surface area contributed by atoms with Crippen molar-refractivity contribution >= 4 is 52.8 Å². The molecular weight excluding hydrogens is 717 g/mol. The third kappa shape index (κ3) is 11.4. The summed E-state index contributed by atoms with van der Waals surface area (Å²) in [6.45, 7) is 4.54. The summed E-state index contributed by atoms with van der Waals surface area (Å²) in [6.07, 6.45) is 13.7. The van der Waals surface area contributed by atoms with Crippen LogP contribution in [0.2, 0.25) is 0 Å². The van der Waals surface area contributed by atoms with Crippen LogP contribution in [0.3, 0.4) is 0 Å². The van der Waals surface area contributed by atoms with Crippen molar-refractivity contribution in [3.8, 4) is 0 Å². The van der Waals surface area contributed by atoms with Gasteiger partial charge in [0.05, 0.1) is 12.4 Å². The van der Waals surface area contributed by atoms with Gasteiger partial charge in [-0.05, 0) is 74.4 Å². The van der Waals surface area contributed by atoms with Crippen LogP contribution in [-0.4, -0.2) is 69.1 Å². The zero-order chi connectivity index (χ0) is 38.8. The van der Waals surface area contributed by atoms with E-state index in [1.807, 2.05) is 42.6 Å². The van der Waals surface area contributed by atoms with E-state index in [1.54, 1.807) is 12.3 Å². The maximum absolute atomic E-state index is 12.9. The van der Waals surface area contributed by atoms with Crippen LogP contribution < -0.4 is 26.6 Å². The number of nitrogens with one attached hydrogen (secondary N) is 3. The van der Waals surface area contributed by atoms with E-state index in [1.165, 1.54) is 16.7 Å². The highest BCUT2D eigenvalue weighted by Crippen LogP contribution is 2.30. The number of rotatable bonds is 17. The number of piperidine rings is 2. The summed E-state index contributed by atoms with van der Waals surface area (Å²) in [5.74, 6) is -0.0704. The Kier molecular flexibility index (Phi) is 13.5.